The van der Waals surface area contributed by atoms with E-state index in [0.717, 1.165) is 11.3 Å². The molecule has 3 rings (SSSR count). The number of anilines is 1. The molecule has 0 aliphatic rings. The standard InChI is InChI=1S/C17H14ClN3O/c1-21-16(19-17(22)13-5-3-2-4-6-13)11-15(20-21)12-7-9-14(18)10-8-12/h2-11H,1H3,(H,19,22). The van der Waals surface area contributed by atoms with Crippen LogP contribution in [-0.4, -0.2) is 15.7 Å². The van der Waals surface area contributed by atoms with E-state index in [4.69, 9.17) is 11.6 Å². The van der Waals surface area contributed by atoms with Gasteiger partial charge in [-0.2, -0.15) is 5.10 Å². The molecule has 0 aliphatic carbocycles. The molecule has 1 amide bonds. The van der Waals surface area contributed by atoms with E-state index in [-0.39, 0.29) is 5.91 Å². The number of nitrogens with one attached hydrogen (secondary N) is 1. The van der Waals surface area contributed by atoms with Crippen molar-refractivity contribution in [2.45, 2.75) is 0 Å². The summed E-state index contributed by atoms with van der Waals surface area (Å²) in [6.07, 6.45) is 0. The topological polar surface area (TPSA) is 46.9 Å². The van der Waals surface area contributed by atoms with Gasteiger partial charge in [-0.15, -0.1) is 0 Å². The van der Waals surface area contributed by atoms with Gasteiger partial charge in [0.25, 0.3) is 5.91 Å². The summed E-state index contributed by atoms with van der Waals surface area (Å²) < 4.78 is 1.64. The minimum absolute atomic E-state index is 0.161. The fraction of sp³-hybridized carbons (Fsp3) is 0.0588. The maximum atomic E-state index is 12.2. The molecule has 2 aromatic carbocycles. The summed E-state index contributed by atoms with van der Waals surface area (Å²) in [5, 5.41) is 7.96. The van der Waals surface area contributed by atoms with Crippen LogP contribution in [0.5, 0.6) is 0 Å². The average Bonchev–Trinajstić information content (AvgIpc) is 2.90. The third kappa shape index (κ3) is 3.02. The number of hydrogen-bond donors (Lipinski definition) is 1. The van der Waals surface area contributed by atoms with Gasteiger partial charge in [0.2, 0.25) is 0 Å². The van der Waals surface area contributed by atoms with Crippen molar-refractivity contribution in [1.82, 2.24) is 9.78 Å². The van der Waals surface area contributed by atoms with Crippen molar-refractivity contribution in [3.8, 4) is 11.3 Å². The lowest BCUT2D eigenvalue weighted by molar-refractivity contribution is 0.102. The molecule has 5 heteroatoms. The maximum absolute atomic E-state index is 12.2. The second-order valence-corrected chi connectivity index (χ2v) is 5.30. The number of carbonyl (C=O) groups is 1. The zero-order valence-corrected chi connectivity index (χ0v) is 12.7. The van der Waals surface area contributed by atoms with Crippen molar-refractivity contribution in [1.29, 1.82) is 0 Å². The monoisotopic (exact) mass is 311 g/mol. The minimum Gasteiger partial charge on any atom is -0.307 e. The Hall–Kier alpha value is -2.59. The van der Waals surface area contributed by atoms with Crippen LogP contribution >= 0.6 is 11.6 Å². The van der Waals surface area contributed by atoms with Crippen molar-refractivity contribution in [3.05, 3.63) is 71.2 Å². The van der Waals surface area contributed by atoms with Crippen LogP contribution < -0.4 is 5.32 Å². The molecule has 22 heavy (non-hydrogen) atoms. The molecule has 0 spiro atoms. The summed E-state index contributed by atoms with van der Waals surface area (Å²) >= 11 is 5.89. The molecule has 3 aromatic rings. The summed E-state index contributed by atoms with van der Waals surface area (Å²) in [6, 6.07) is 18.3. The van der Waals surface area contributed by atoms with Crippen LogP contribution in [0.15, 0.2) is 60.7 Å². The SMILES string of the molecule is Cn1nc(-c2ccc(Cl)cc2)cc1NC(=O)c1ccccc1. The first-order valence-electron chi connectivity index (χ1n) is 6.80. The van der Waals surface area contributed by atoms with E-state index in [1.807, 2.05) is 48.5 Å². The lowest BCUT2D eigenvalue weighted by atomic mass is 10.1. The van der Waals surface area contributed by atoms with Crippen LogP contribution in [0.4, 0.5) is 5.82 Å². The van der Waals surface area contributed by atoms with E-state index < -0.39 is 0 Å². The summed E-state index contributed by atoms with van der Waals surface area (Å²) in [6.45, 7) is 0. The summed E-state index contributed by atoms with van der Waals surface area (Å²) in [5.41, 5.74) is 2.33. The van der Waals surface area contributed by atoms with Gasteiger partial charge in [-0.3, -0.25) is 9.48 Å². The number of rotatable bonds is 3. The van der Waals surface area contributed by atoms with Crippen molar-refractivity contribution in [2.75, 3.05) is 5.32 Å². The quantitative estimate of drug-likeness (QED) is 0.795. The molecule has 0 saturated carbocycles. The third-order valence-corrected chi connectivity index (χ3v) is 3.55. The molecule has 110 valence electrons. The smallest absolute Gasteiger partial charge is 0.256 e. The molecular weight excluding hydrogens is 298 g/mol. The van der Waals surface area contributed by atoms with Crippen LogP contribution in [0.2, 0.25) is 5.02 Å². The van der Waals surface area contributed by atoms with Gasteiger partial charge in [0.05, 0.1) is 5.69 Å². The highest BCUT2D eigenvalue weighted by Gasteiger charge is 2.11. The van der Waals surface area contributed by atoms with Crippen molar-refractivity contribution < 1.29 is 4.79 Å². The molecule has 0 atom stereocenters. The van der Waals surface area contributed by atoms with Gasteiger partial charge < -0.3 is 5.32 Å². The first-order chi connectivity index (χ1) is 10.6. The number of carbonyl (C=O) groups excluding carboxylic acids is 1. The molecule has 1 heterocycles. The summed E-state index contributed by atoms with van der Waals surface area (Å²) in [5.74, 6) is 0.477. The molecule has 0 radical (unpaired) electrons. The van der Waals surface area contributed by atoms with Crippen LogP contribution in [-0.2, 0) is 7.05 Å². The highest BCUT2D eigenvalue weighted by atomic mass is 35.5. The Balaban J connectivity index is 1.84. The molecule has 0 bridgehead atoms. The van der Waals surface area contributed by atoms with Gasteiger partial charge in [0, 0.05) is 29.3 Å². The predicted octanol–water partition coefficient (Wildman–Crippen LogP) is 3.99. The molecule has 0 fully saturated rings. The Morgan fingerprint density at radius 2 is 1.77 bits per heavy atom. The Kier molecular flexibility index (Phi) is 3.94. The minimum atomic E-state index is -0.161. The van der Waals surface area contributed by atoms with E-state index >= 15 is 0 Å². The second kappa shape index (κ2) is 6.03. The number of hydrogen-bond acceptors (Lipinski definition) is 2. The Morgan fingerprint density at radius 1 is 1.09 bits per heavy atom. The van der Waals surface area contributed by atoms with Crippen LogP contribution in [0.3, 0.4) is 0 Å². The first-order valence-corrected chi connectivity index (χ1v) is 7.17. The number of benzene rings is 2. The van der Waals surface area contributed by atoms with Gasteiger partial charge in [-0.1, -0.05) is 41.9 Å². The molecule has 1 N–H and O–H groups in total. The van der Waals surface area contributed by atoms with Gasteiger partial charge in [0.1, 0.15) is 5.82 Å². The molecule has 0 aliphatic heterocycles. The first kappa shape index (κ1) is 14.4. The number of halogens is 1. The lowest BCUT2D eigenvalue weighted by Gasteiger charge is -2.04. The van der Waals surface area contributed by atoms with E-state index in [0.29, 0.717) is 16.4 Å². The van der Waals surface area contributed by atoms with Gasteiger partial charge in [0.15, 0.2) is 0 Å². The molecule has 1 aromatic heterocycles. The van der Waals surface area contributed by atoms with E-state index in [1.54, 1.807) is 23.9 Å². The zero-order valence-electron chi connectivity index (χ0n) is 12.0. The van der Waals surface area contributed by atoms with E-state index in [1.165, 1.54) is 0 Å². The van der Waals surface area contributed by atoms with Crippen molar-refractivity contribution >= 4 is 23.3 Å². The Morgan fingerprint density at radius 3 is 2.45 bits per heavy atom. The highest BCUT2D eigenvalue weighted by molar-refractivity contribution is 6.30. The van der Waals surface area contributed by atoms with Gasteiger partial charge in [-0.25, -0.2) is 0 Å². The number of aryl methyl sites for hydroxylation is 1. The number of amides is 1. The summed E-state index contributed by atoms with van der Waals surface area (Å²) in [7, 11) is 1.79. The Labute approximate surface area is 133 Å². The van der Waals surface area contributed by atoms with Gasteiger partial charge in [-0.05, 0) is 24.3 Å². The largest absolute Gasteiger partial charge is 0.307 e. The molecule has 4 nitrogen and oxygen atoms in total. The van der Waals surface area contributed by atoms with Crippen LogP contribution in [0.1, 0.15) is 10.4 Å². The van der Waals surface area contributed by atoms with E-state index in [2.05, 4.69) is 10.4 Å². The van der Waals surface area contributed by atoms with Crippen LogP contribution in [0.25, 0.3) is 11.3 Å². The third-order valence-electron chi connectivity index (χ3n) is 3.30. The van der Waals surface area contributed by atoms with Crippen molar-refractivity contribution in [3.63, 3.8) is 0 Å². The highest BCUT2D eigenvalue weighted by Crippen LogP contribution is 2.23. The predicted molar refractivity (Wildman–Crippen MR) is 88.0 cm³/mol. The average molecular weight is 312 g/mol. The molecule has 0 saturated heterocycles. The molecule has 0 unspecified atom stereocenters. The summed E-state index contributed by atoms with van der Waals surface area (Å²) in [4.78, 5) is 12.2. The normalized spacial score (nSPS) is 10.5. The fourth-order valence-electron chi connectivity index (χ4n) is 2.12. The fourth-order valence-corrected chi connectivity index (χ4v) is 2.25. The molecular formula is C17H14ClN3O. The second-order valence-electron chi connectivity index (χ2n) is 4.87. The van der Waals surface area contributed by atoms with E-state index in [9.17, 15) is 4.79 Å². The Bertz CT molecular complexity index is 795. The van der Waals surface area contributed by atoms with Crippen molar-refractivity contribution in [2.24, 2.45) is 7.05 Å². The zero-order chi connectivity index (χ0) is 15.5. The maximum Gasteiger partial charge on any atom is 0.256 e. The van der Waals surface area contributed by atoms with Gasteiger partial charge >= 0.3 is 0 Å². The lowest BCUT2D eigenvalue weighted by Crippen LogP contribution is -2.14. The number of nitrogens with zero attached hydrogens (tertiary/aromatic N) is 2. The number of aromatic nitrogens is 2. The van der Waals surface area contributed by atoms with Crippen LogP contribution in [0, 0.1) is 0 Å².